The summed E-state index contributed by atoms with van der Waals surface area (Å²) in [5.74, 6) is -3.56. The lowest BCUT2D eigenvalue weighted by Gasteiger charge is -2.34. The van der Waals surface area contributed by atoms with Crippen LogP contribution < -0.4 is 10.3 Å². The number of halogens is 3. The number of fused-ring (bicyclic) bond motifs is 1. The molecule has 2 heterocycles. The molecule has 3 rings (SSSR count). The Morgan fingerprint density at radius 3 is 2.46 bits per heavy atom. The topological polar surface area (TPSA) is 65.8 Å². The monoisotopic (exact) mass is 367 g/mol. The van der Waals surface area contributed by atoms with Crippen molar-refractivity contribution >= 4 is 28.8 Å². The van der Waals surface area contributed by atoms with Crippen molar-refractivity contribution in [3.05, 3.63) is 46.0 Å². The van der Waals surface area contributed by atoms with Crippen molar-refractivity contribution in [2.24, 2.45) is 0 Å². The Morgan fingerprint density at radius 1 is 1.23 bits per heavy atom. The minimum atomic E-state index is -1.57. The molecule has 2 aromatic rings. The minimum absolute atomic E-state index is 0.0773. The molecule has 1 saturated heterocycles. The Labute approximate surface area is 146 Å². The van der Waals surface area contributed by atoms with E-state index in [1.54, 1.807) is 0 Å². The lowest BCUT2D eigenvalue weighted by molar-refractivity contribution is 0.0695. The molecule has 1 N–H and O–H groups in total. The molecule has 0 amide bonds. The van der Waals surface area contributed by atoms with Crippen LogP contribution in [0.25, 0.3) is 17.1 Å². The first-order valence-electron chi connectivity index (χ1n) is 7.85. The van der Waals surface area contributed by atoms with Crippen molar-refractivity contribution < 1.29 is 23.1 Å². The number of pyridine rings is 1. The zero-order chi connectivity index (χ0) is 19.0. The maximum atomic E-state index is 15.1. The van der Waals surface area contributed by atoms with E-state index < -0.39 is 34.0 Å². The van der Waals surface area contributed by atoms with Gasteiger partial charge in [-0.2, -0.15) is 0 Å². The fraction of sp³-hybridized carbons (Fsp3) is 0.294. The van der Waals surface area contributed by atoms with Crippen LogP contribution in [0.5, 0.6) is 0 Å². The molecule has 0 unspecified atom stereocenters. The molecule has 138 valence electrons. The molecule has 9 heteroatoms. The Bertz CT molecular complexity index is 963. The van der Waals surface area contributed by atoms with Gasteiger partial charge in [0.15, 0.2) is 5.82 Å². The Morgan fingerprint density at radius 2 is 1.88 bits per heavy atom. The first-order valence-corrected chi connectivity index (χ1v) is 7.85. The summed E-state index contributed by atoms with van der Waals surface area (Å²) in [6.45, 7) is 1.97. The average Bonchev–Trinajstić information content (AvgIpc) is 2.58. The summed E-state index contributed by atoms with van der Waals surface area (Å²) >= 11 is 0. The molecule has 0 saturated carbocycles. The Hall–Kier alpha value is -2.81. The lowest BCUT2D eigenvalue weighted by Crippen LogP contribution is -2.45. The van der Waals surface area contributed by atoms with E-state index in [4.69, 9.17) is 5.11 Å². The zero-order valence-electron chi connectivity index (χ0n) is 13.9. The van der Waals surface area contributed by atoms with Gasteiger partial charge in [0.1, 0.15) is 23.4 Å². The summed E-state index contributed by atoms with van der Waals surface area (Å²) in [4.78, 5) is 27.0. The summed E-state index contributed by atoms with van der Waals surface area (Å²) < 4.78 is 43.3. The molecule has 0 spiro atoms. The van der Waals surface area contributed by atoms with Crippen molar-refractivity contribution in [1.29, 1.82) is 0 Å². The number of carbonyl (C=O) groups is 1. The zero-order valence-corrected chi connectivity index (χ0v) is 13.9. The maximum absolute atomic E-state index is 15.1. The summed E-state index contributed by atoms with van der Waals surface area (Å²) in [6, 6.07) is 0.809. The number of nitrogens with zero attached hydrogens (tertiary/aromatic N) is 3. The smallest absolute Gasteiger partial charge is 0.341 e. The van der Waals surface area contributed by atoms with E-state index in [1.807, 2.05) is 11.9 Å². The highest BCUT2D eigenvalue weighted by atomic mass is 19.1. The van der Waals surface area contributed by atoms with E-state index in [0.717, 1.165) is 23.0 Å². The van der Waals surface area contributed by atoms with Crippen LogP contribution in [0.15, 0.2) is 23.4 Å². The number of rotatable bonds is 3. The van der Waals surface area contributed by atoms with Gasteiger partial charge in [0.2, 0.25) is 5.43 Å². The van der Waals surface area contributed by atoms with Gasteiger partial charge in [-0.3, -0.25) is 4.79 Å². The minimum Gasteiger partial charge on any atom is -0.477 e. The standard InChI is InChI=1S/C17H16F3N3O3/c1-21-4-6-22(7-5-21)15-12(19)8-10-14(13(15)20)23(3-2-18)9-11(16(10)24)17(25)26/h2-3,8-9H,4-7H2,1H3,(H,25,26)/b3-2+. The number of piperazine rings is 1. The molecule has 0 atom stereocenters. The second kappa shape index (κ2) is 6.83. The van der Waals surface area contributed by atoms with Gasteiger partial charge in [0.05, 0.1) is 10.9 Å². The third-order valence-corrected chi connectivity index (χ3v) is 4.45. The first-order chi connectivity index (χ1) is 12.3. The molecular formula is C17H16F3N3O3. The largest absolute Gasteiger partial charge is 0.477 e. The normalized spacial score (nSPS) is 15.9. The van der Waals surface area contributed by atoms with Crippen LogP contribution in [0.3, 0.4) is 0 Å². The summed E-state index contributed by atoms with van der Waals surface area (Å²) in [5, 5.41) is 8.65. The molecule has 1 aliphatic heterocycles. The van der Waals surface area contributed by atoms with Crippen LogP contribution in [-0.2, 0) is 0 Å². The van der Waals surface area contributed by atoms with Crippen molar-refractivity contribution in [2.75, 3.05) is 38.1 Å². The van der Waals surface area contributed by atoms with Gasteiger partial charge < -0.3 is 19.5 Å². The number of carboxylic acid groups (broad SMARTS) is 1. The third-order valence-electron chi connectivity index (χ3n) is 4.45. The summed E-state index contributed by atoms with van der Waals surface area (Å²) in [6.07, 6.45) is 1.66. The summed E-state index contributed by atoms with van der Waals surface area (Å²) in [7, 11) is 1.89. The van der Waals surface area contributed by atoms with Crippen molar-refractivity contribution in [3.63, 3.8) is 0 Å². The second-order valence-electron chi connectivity index (χ2n) is 6.07. The predicted octanol–water partition coefficient (Wildman–Crippen LogP) is 2.13. The van der Waals surface area contributed by atoms with Crippen LogP contribution in [-0.4, -0.2) is 53.8 Å². The average molecular weight is 367 g/mol. The molecule has 1 aliphatic rings. The first kappa shape index (κ1) is 18.0. The number of aromatic nitrogens is 1. The Balaban J connectivity index is 2.31. The summed E-state index contributed by atoms with van der Waals surface area (Å²) in [5.41, 5.74) is -2.42. The SMILES string of the molecule is CN1CCN(c2c(F)cc3c(=O)c(C(=O)O)cn(/C=C/F)c3c2F)CC1. The van der Waals surface area contributed by atoms with Crippen LogP contribution in [0.1, 0.15) is 10.4 Å². The van der Waals surface area contributed by atoms with E-state index in [1.165, 1.54) is 4.90 Å². The number of anilines is 1. The molecule has 1 aromatic heterocycles. The molecule has 0 aliphatic carbocycles. The van der Waals surface area contributed by atoms with E-state index in [9.17, 15) is 18.4 Å². The maximum Gasteiger partial charge on any atom is 0.341 e. The number of likely N-dealkylation sites (N-methyl/N-ethyl adjacent to an activating group) is 1. The number of hydrogen-bond donors (Lipinski definition) is 1. The van der Waals surface area contributed by atoms with E-state index in [-0.39, 0.29) is 17.5 Å². The van der Waals surface area contributed by atoms with Crippen LogP contribution in [0.4, 0.5) is 18.9 Å². The number of benzene rings is 1. The number of carboxylic acids is 1. The lowest BCUT2D eigenvalue weighted by atomic mass is 10.1. The molecule has 0 radical (unpaired) electrons. The molecule has 1 fully saturated rings. The third kappa shape index (κ3) is 2.94. The number of hydrogen-bond acceptors (Lipinski definition) is 4. The van der Waals surface area contributed by atoms with E-state index in [2.05, 4.69) is 0 Å². The van der Waals surface area contributed by atoms with Gasteiger partial charge in [-0.05, 0) is 13.1 Å². The van der Waals surface area contributed by atoms with Gasteiger partial charge in [-0.1, -0.05) is 0 Å². The molecule has 1 aromatic carbocycles. The van der Waals surface area contributed by atoms with Gasteiger partial charge in [0.25, 0.3) is 0 Å². The van der Waals surface area contributed by atoms with Crippen LogP contribution >= 0.6 is 0 Å². The quantitative estimate of drug-likeness (QED) is 0.900. The molecule has 0 bridgehead atoms. The van der Waals surface area contributed by atoms with Crippen molar-refractivity contribution in [2.45, 2.75) is 0 Å². The van der Waals surface area contributed by atoms with Gasteiger partial charge in [-0.25, -0.2) is 18.0 Å². The highest BCUT2D eigenvalue weighted by Gasteiger charge is 2.26. The highest BCUT2D eigenvalue weighted by molar-refractivity contribution is 5.94. The fourth-order valence-corrected chi connectivity index (χ4v) is 3.08. The number of aromatic carboxylic acids is 1. The highest BCUT2D eigenvalue weighted by Crippen LogP contribution is 2.30. The predicted molar refractivity (Wildman–Crippen MR) is 91.2 cm³/mol. The van der Waals surface area contributed by atoms with Crippen LogP contribution in [0, 0.1) is 11.6 Å². The molecular weight excluding hydrogens is 351 g/mol. The van der Waals surface area contributed by atoms with Crippen LogP contribution in [0.2, 0.25) is 0 Å². The Kier molecular flexibility index (Phi) is 4.73. The van der Waals surface area contributed by atoms with Crippen molar-refractivity contribution in [3.8, 4) is 0 Å². The van der Waals surface area contributed by atoms with Gasteiger partial charge >= 0.3 is 5.97 Å². The second-order valence-corrected chi connectivity index (χ2v) is 6.07. The van der Waals surface area contributed by atoms with E-state index in [0.29, 0.717) is 26.2 Å². The van der Waals surface area contributed by atoms with Gasteiger partial charge in [0, 0.05) is 38.6 Å². The molecule has 26 heavy (non-hydrogen) atoms. The van der Waals surface area contributed by atoms with Gasteiger partial charge in [-0.15, -0.1) is 0 Å². The fourth-order valence-electron chi connectivity index (χ4n) is 3.08. The van der Waals surface area contributed by atoms with E-state index >= 15 is 4.39 Å². The molecule has 6 nitrogen and oxygen atoms in total. The van der Waals surface area contributed by atoms with Crippen molar-refractivity contribution in [1.82, 2.24) is 9.47 Å².